The summed E-state index contributed by atoms with van der Waals surface area (Å²) >= 11 is 0. The minimum absolute atomic E-state index is 0.170. The van der Waals surface area contributed by atoms with Crippen LogP contribution in [0.3, 0.4) is 0 Å². The molecule has 184 valence electrons. The third-order valence-electron chi connectivity index (χ3n) is 5.48. The third-order valence-corrected chi connectivity index (χ3v) is 5.48. The zero-order chi connectivity index (χ0) is 23.3. The summed E-state index contributed by atoms with van der Waals surface area (Å²) in [7, 11) is 2.84. The van der Waals surface area contributed by atoms with Crippen LogP contribution in [-0.4, -0.2) is 126 Å². The Morgan fingerprint density at radius 3 is 1.19 bits per heavy atom. The van der Waals surface area contributed by atoms with Gasteiger partial charge in [0.05, 0.1) is 27.1 Å². The lowest BCUT2D eigenvalue weighted by molar-refractivity contribution is -0.141. The van der Waals surface area contributed by atoms with E-state index in [1.165, 1.54) is 14.2 Å². The number of nitrogens with one attached hydrogen (secondary N) is 2. The third kappa shape index (κ3) is 17.0. The first-order valence-electron chi connectivity index (χ1n) is 11.7. The normalized spacial score (nSPS) is 11.5. The molecule has 0 aliphatic carbocycles. The summed E-state index contributed by atoms with van der Waals surface area (Å²) < 4.78 is 9.30. The second-order valence-electron chi connectivity index (χ2n) is 7.46. The van der Waals surface area contributed by atoms with Gasteiger partial charge < -0.3 is 34.8 Å². The van der Waals surface area contributed by atoms with Gasteiger partial charge in [-0.2, -0.15) is 0 Å². The van der Waals surface area contributed by atoms with Crippen molar-refractivity contribution in [2.45, 2.75) is 33.6 Å². The molecule has 9 heteroatoms. The number of ether oxygens (including phenoxy) is 2. The van der Waals surface area contributed by atoms with Crippen LogP contribution in [0.5, 0.6) is 0 Å². The van der Waals surface area contributed by atoms with Crippen LogP contribution in [0.25, 0.3) is 0 Å². The molecule has 9 nitrogen and oxygen atoms in total. The van der Waals surface area contributed by atoms with Crippen molar-refractivity contribution in [3.63, 3.8) is 0 Å². The van der Waals surface area contributed by atoms with Gasteiger partial charge in [-0.25, -0.2) is 0 Å². The van der Waals surface area contributed by atoms with Gasteiger partial charge in [-0.15, -0.1) is 0 Å². The maximum Gasteiger partial charge on any atom is 0.306 e. The highest BCUT2D eigenvalue weighted by Gasteiger charge is 2.09. The second-order valence-corrected chi connectivity index (χ2v) is 7.46. The van der Waals surface area contributed by atoms with Crippen molar-refractivity contribution in [1.29, 1.82) is 0 Å². The minimum atomic E-state index is -0.170. The lowest BCUT2D eigenvalue weighted by atomic mass is 10.3. The number of rotatable bonds is 21. The van der Waals surface area contributed by atoms with E-state index in [2.05, 4.69) is 55.6 Å². The standard InChI is InChI=1S/C22H47N5O4/c1-6-25(15-13-23-11-9-21(28)30-4)17-19-27(8-3)20-18-26(7-2)16-14-24-12-10-22(29)31-5/h23-24H,6-20H2,1-5H3. The van der Waals surface area contributed by atoms with Gasteiger partial charge in [0.15, 0.2) is 0 Å². The summed E-state index contributed by atoms with van der Waals surface area (Å²) in [4.78, 5) is 29.6. The fourth-order valence-electron chi connectivity index (χ4n) is 3.16. The number of methoxy groups -OCH3 is 2. The molecule has 0 aliphatic heterocycles. The Bertz CT molecular complexity index is 416. The second kappa shape index (κ2) is 20.6. The highest BCUT2D eigenvalue weighted by atomic mass is 16.5. The van der Waals surface area contributed by atoms with Crippen molar-refractivity contribution in [3.05, 3.63) is 0 Å². The minimum Gasteiger partial charge on any atom is -0.469 e. The molecule has 0 bridgehead atoms. The van der Waals surface area contributed by atoms with Gasteiger partial charge in [0.1, 0.15) is 0 Å². The highest BCUT2D eigenvalue weighted by Crippen LogP contribution is 1.95. The summed E-state index contributed by atoms with van der Waals surface area (Å²) in [5.41, 5.74) is 0. The largest absolute Gasteiger partial charge is 0.469 e. The molecule has 0 spiro atoms. The van der Waals surface area contributed by atoms with E-state index in [-0.39, 0.29) is 11.9 Å². The van der Waals surface area contributed by atoms with E-state index < -0.39 is 0 Å². The predicted molar refractivity (Wildman–Crippen MR) is 125 cm³/mol. The predicted octanol–water partition coefficient (Wildman–Crippen LogP) is 0.258. The van der Waals surface area contributed by atoms with Crippen LogP contribution < -0.4 is 10.6 Å². The molecule has 0 aromatic heterocycles. The number of carbonyl (C=O) groups is 2. The summed E-state index contributed by atoms with van der Waals surface area (Å²) in [6, 6.07) is 0. The molecule has 0 fully saturated rings. The van der Waals surface area contributed by atoms with Gasteiger partial charge in [-0.1, -0.05) is 20.8 Å². The van der Waals surface area contributed by atoms with Crippen LogP contribution in [0.2, 0.25) is 0 Å². The number of likely N-dealkylation sites (N-methyl/N-ethyl adjacent to an activating group) is 3. The Hall–Kier alpha value is -1.26. The summed E-state index contributed by atoms with van der Waals surface area (Å²) in [6.07, 6.45) is 0.835. The molecule has 0 amide bonds. The average molecular weight is 446 g/mol. The first-order valence-corrected chi connectivity index (χ1v) is 11.7. The Morgan fingerprint density at radius 1 is 0.581 bits per heavy atom. The SMILES string of the molecule is CCN(CCNCCC(=O)OC)CCN(CC)CCN(CC)CCNCCC(=O)OC. The van der Waals surface area contributed by atoms with Gasteiger partial charge in [0.2, 0.25) is 0 Å². The smallest absolute Gasteiger partial charge is 0.306 e. The average Bonchev–Trinajstić information content (AvgIpc) is 2.80. The molecule has 0 aliphatic rings. The van der Waals surface area contributed by atoms with Crippen molar-refractivity contribution in [1.82, 2.24) is 25.3 Å². The lowest BCUT2D eigenvalue weighted by Gasteiger charge is -2.28. The Kier molecular flexibility index (Phi) is 19.8. The number of esters is 2. The quantitative estimate of drug-likeness (QED) is 0.191. The molecule has 0 radical (unpaired) electrons. The molecule has 2 N–H and O–H groups in total. The summed E-state index contributed by atoms with van der Waals surface area (Å²) in [6.45, 7) is 18.9. The van der Waals surface area contributed by atoms with Crippen molar-refractivity contribution >= 4 is 11.9 Å². The van der Waals surface area contributed by atoms with Gasteiger partial charge in [-0.05, 0) is 19.6 Å². The van der Waals surface area contributed by atoms with E-state index >= 15 is 0 Å². The molecule has 0 aromatic rings. The van der Waals surface area contributed by atoms with E-state index in [1.807, 2.05) is 0 Å². The number of carbonyl (C=O) groups excluding carboxylic acids is 2. The van der Waals surface area contributed by atoms with E-state index in [0.29, 0.717) is 25.9 Å². The van der Waals surface area contributed by atoms with Crippen molar-refractivity contribution in [3.8, 4) is 0 Å². The molecular weight excluding hydrogens is 398 g/mol. The highest BCUT2D eigenvalue weighted by molar-refractivity contribution is 5.69. The molecule has 0 rings (SSSR count). The Labute approximate surface area is 189 Å². The van der Waals surface area contributed by atoms with Crippen molar-refractivity contribution in [2.75, 3.05) is 99.3 Å². The zero-order valence-corrected chi connectivity index (χ0v) is 20.6. The fraction of sp³-hybridized carbons (Fsp3) is 0.909. The van der Waals surface area contributed by atoms with E-state index in [9.17, 15) is 9.59 Å². The van der Waals surface area contributed by atoms with Gasteiger partial charge in [0, 0.05) is 65.4 Å². The fourth-order valence-corrected chi connectivity index (χ4v) is 3.16. The van der Waals surface area contributed by atoms with E-state index in [4.69, 9.17) is 0 Å². The Morgan fingerprint density at radius 2 is 0.903 bits per heavy atom. The number of hydrogen-bond acceptors (Lipinski definition) is 9. The molecule has 0 saturated carbocycles. The van der Waals surface area contributed by atoms with Crippen LogP contribution in [0.4, 0.5) is 0 Å². The Balaban J connectivity index is 4.01. The van der Waals surface area contributed by atoms with Crippen LogP contribution in [-0.2, 0) is 19.1 Å². The monoisotopic (exact) mass is 445 g/mol. The first-order chi connectivity index (χ1) is 15.0. The molecule has 0 heterocycles. The molecule has 0 saturated heterocycles. The zero-order valence-electron chi connectivity index (χ0n) is 20.6. The molecular formula is C22H47N5O4. The molecule has 0 atom stereocenters. The van der Waals surface area contributed by atoms with Crippen molar-refractivity contribution in [2.24, 2.45) is 0 Å². The van der Waals surface area contributed by atoms with E-state index in [1.54, 1.807) is 0 Å². The lowest BCUT2D eigenvalue weighted by Crippen LogP contribution is -2.42. The van der Waals surface area contributed by atoms with Gasteiger partial charge in [0.25, 0.3) is 0 Å². The number of nitrogens with zero attached hydrogens (tertiary/aromatic N) is 3. The number of hydrogen-bond donors (Lipinski definition) is 2. The van der Waals surface area contributed by atoms with Gasteiger partial charge in [-0.3, -0.25) is 9.59 Å². The molecule has 0 unspecified atom stereocenters. The van der Waals surface area contributed by atoms with E-state index in [0.717, 1.165) is 72.0 Å². The molecule has 0 aromatic carbocycles. The van der Waals surface area contributed by atoms with Crippen molar-refractivity contribution < 1.29 is 19.1 Å². The maximum absolute atomic E-state index is 11.1. The first kappa shape index (κ1) is 29.7. The summed E-state index contributed by atoms with van der Waals surface area (Å²) in [5, 5.41) is 6.62. The maximum atomic E-state index is 11.1. The summed E-state index contributed by atoms with van der Waals surface area (Å²) in [5.74, 6) is -0.340. The molecule has 31 heavy (non-hydrogen) atoms. The van der Waals surface area contributed by atoms with Gasteiger partial charge >= 0.3 is 11.9 Å². The van der Waals surface area contributed by atoms with Crippen LogP contribution in [0.1, 0.15) is 33.6 Å². The van der Waals surface area contributed by atoms with Crippen LogP contribution >= 0.6 is 0 Å². The topological polar surface area (TPSA) is 86.4 Å². The van der Waals surface area contributed by atoms with Crippen LogP contribution in [0.15, 0.2) is 0 Å². The van der Waals surface area contributed by atoms with Crippen LogP contribution in [0, 0.1) is 0 Å².